The number of aromatic nitrogens is 2. The van der Waals surface area contributed by atoms with Gasteiger partial charge in [-0.2, -0.15) is 0 Å². The van der Waals surface area contributed by atoms with Crippen molar-refractivity contribution in [2.45, 2.75) is 17.2 Å². The van der Waals surface area contributed by atoms with Crippen LogP contribution in [0, 0.1) is 0 Å². The van der Waals surface area contributed by atoms with Gasteiger partial charge in [-0.05, 0) is 23.8 Å². The zero-order valence-corrected chi connectivity index (χ0v) is 16.1. The second-order valence-corrected chi connectivity index (χ2v) is 7.96. The van der Waals surface area contributed by atoms with E-state index in [4.69, 9.17) is 23.2 Å². The SMILES string of the molecule is O=C(NCc1ccccc1)c1nnc(CSc2cc(Cl)ccc2Cl)s1. The average Bonchev–Trinajstić information content (AvgIpc) is 3.10. The van der Waals surface area contributed by atoms with Crippen molar-refractivity contribution in [1.82, 2.24) is 15.5 Å². The van der Waals surface area contributed by atoms with Crippen molar-refractivity contribution in [2.24, 2.45) is 0 Å². The average molecular weight is 410 g/mol. The molecule has 1 amide bonds. The van der Waals surface area contributed by atoms with E-state index >= 15 is 0 Å². The molecule has 0 unspecified atom stereocenters. The van der Waals surface area contributed by atoms with Crippen molar-refractivity contribution in [3.8, 4) is 0 Å². The number of nitrogens with one attached hydrogen (secondary N) is 1. The Morgan fingerprint density at radius 3 is 2.72 bits per heavy atom. The van der Waals surface area contributed by atoms with Gasteiger partial charge in [-0.1, -0.05) is 64.9 Å². The van der Waals surface area contributed by atoms with Crippen molar-refractivity contribution < 1.29 is 4.79 Å². The molecule has 25 heavy (non-hydrogen) atoms. The molecule has 2 aromatic carbocycles. The third kappa shape index (κ3) is 5.19. The van der Waals surface area contributed by atoms with Crippen LogP contribution in [0.25, 0.3) is 0 Å². The highest BCUT2D eigenvalue weighted by molar-refractivity contribution is 7.98. The molecular weight excluding hydrogens is 397 g/mol. The topological polar surface area (TPSA) is 54.9 Å². The zero-order chi connectivity index (χ0) is 17.6. The summed E-state index contributed by atoms with van der Waals surface area (Å²) in [5.41, 5.74) is 1.03. The second kappa shape index (κ2) is 8.67. The molecule has 128 valence electrons. The van der Waals surface area contributed by atoms with Gasteiger partial charge in [0.05, 0.1) is 10.8 Å². The molecule has 0 spiro atoms. The first kappa shape index (κ1) is 18.2. The van der Waals surface area contributed by atoms with E-state index < -0.39 is 0 Å². The molecule has 0 radical (unpaired) electrons. The molecule has 1 aromatic heterocycles. The normalized spacial score (nSPS) is 10.6. The third-order valence-corrected chi connectivity index (χ3v) is 6.05. The fourth-order valence-corrected chi connectivity index (χ4v) is 4.22. The van der Waals surface area contributed by atoms with E-state index in [0.717, 1.165) is 15.5 Å². The van der Waals surface area contributed by atoms with Crippen molar-refractivity contribution >= 4 is 52.2 Å². The summed E-state index contributed by atoms with van der Waals surface area (Å²) < 4.78 is 0. The number of nitrogens with zero attached hydrogens (tertiary/aromatic N) is 2. The molecule has 0 fully saturated rings. The van der Waals surface area contributed by atoms with E-state index in [1.54, 1.807) is 12.1 Å². The highest BCUT2D eigenvalue weighted by Gasteiger charge is 2.13. The Kier molecular flexibility index (Phi) is 6.31. The predicted molar refractivity (Wildman–Crippen MR) is 104 cm³/mol. The first-order valence-corrected chi connectivity index (χ1v) is 9.90. The lowest BCUT2D eigenvalue weighted by Crippen LogP contribution is -2.22. The van der Waals surface area contributed by atoms with Gasteiger partial charge in [0.1, 0.15) is 5.01 Å². The second-order valence-electron chi connectivity index (χ2n) is 5.03. The summed E-state index contributed by atoms with van der Waals surface area (Å²) in [5.74, 6) is 0.349. The first-order valence-electron chi connectivity index (χ1n) is 7.34. The number of carbonyl (C=O) groups is 1. The molecule has 0 atom stereocenters. The highest BCUT2D eigenvalue weighted by Crippen LogP contribution is 2.32. The van der Waals surface area contributed by atoms with Gasteiger partial charge in [0.2, 0.25) is 5.01 Å². The lowest BCUT2D eigenvalue weighted by atomic mass is 10.2. The highest BCUT2D eigenvalue weighted by atomic mass is 35.5. The Bertz CT molecular complexity index is 871. The summed E-state index contributed by atoms with van der Waals surface area (Å²) in [5, 5.41) is 13.3. The van der Waals surface area contributed by atoms with Crippen LogP contribution < -0.4 is 5.32 Å². The predicted octanol–water partition coefficient (Wildman–Crippen LogP) is 5.07. The summed E-state index contributed by atoms with van der Waals surface area (Å²) >= 11 is 14.9. The summed E-state index contributed by atoms with van der Waals surface area (Å²) in [7, 11) is 0. The third-order valence-electron chi connectivity index (χ3n) is 3.20. The van der Waals surface area contributed by atoms with Gasteiger partial charge in [0.25, 0.3) is 5.91 Å². The summed E-state index contributed by atoms with van der Waals surface area (Å²) in [6.07, 6.45) is 0. The molecule has 0 aliphatic rings. The summed E-state index contributed by atoms with van der Waals surface area (Å²) in [6, 6.07) is 15.0. The van der Waals surface area contributed by atoms with E-state index in [9.17, 15) is 4.79 Å². The molecule has 0 saturated heterocycles. The van der Waals surface area contributed by atoms with Gasteiger partial charge in [-0.3, -0.25) is 4.79 Å². The number of thioether (sulfide) groups is 1. The largest absolute Gasteiger partial charge is 0.346 e. The monoisotopic (exact) mass is 409 g/mol. The zero-order valence-electron chi connectivity index (χ0n) is 12.9. The van der Waals surface area contributed by atoms with E-state index in [1.165, 1.54) is 23.1 Å². The number of rotatable bonds is 6. The molecule has 0 aliphatic heterocycles. The number of carbonyl (C=O) groups excluding carboxylic acids is 1. The fourth-order valence-electron chi connectivity index (χ4n) is 1.98. The van der Waals surface area contributed by atoms with E-state index in [2.05, 4.69) is 15.5 Å². The van der Waals surface area contributed by atoms with Gasteiger partial charge in [-0.25, -0.2) is 0 Å². The lowest BCUT2D eigenvalue weighted by Gasteiger charge is -2.03. The van der Waals surface area contributed by atoms with Gasteiger partial charge in [-0.15, -0.1) is 22.0 Å². The van der Waals surface area contributed by atoms with Crippen molar-refractivity contribution in [3.05, 3.63) is 74.2 Å². The maximum absolute atomic E-state index is 12.2. The Hall–Kier alpha value is -1.60. The molecule has 0 saturated carbocycles. The Morgan fingerprint density at radius 2 is 1.92 bits per heavy atom. The minimum absolute atomic E-state index is 0.224. The van der Waals surface area contributed by atoms with Crippen LogP contribution >= 0.6 is 46.3 Å². The quantitative estimate of drug-likeness (QED) is 0.577. The first-order chi connectivity index (χ1) is 12.1. The fraction of sp³-hybridized carbons (Fsp3) is 0.118. The minimum Gasteiger partial charge on any atom is -0.346 e. The molecule has 1 heterocycles. The number of hydrogen-bond donors (Lipinski definition) is 1. The maximum atomic E-state index is 12.2. The van der Waals surface area contributed by atoms with Crippen LogP contribution in [0.2, 0.25) is 10.0 Å². The van der Waals surface area contributed by atoms with Crippen LogP contribution in [0.3, 0.4) is 0 Å². The van der Waals surface area contributed by atoms with Crippen molar-refractivity contribution in [1.29, 1.82) is 0 Å². The van der Waals surface area contributed by atoms with Crippen LogP contribution in [-0.4, -0.2) is 16.1 Å². The van der Waals surface area contributed by atoms with E-state index in [1.807, 2.05) is 36.4 Å². The van der Waals surface area contributed by atoms with Crippen LogP contribution in [-0.2, 0) is 12.3 Å². The summed E-state index contributed by atoms with van der Waals surface area (Å²) in [6.45, 7) is 0.460. The Labute approximate surface area is 163 Å². The molecule has 4 nitrogen and oxygen atoms in total. The molecular formula is C17H13Cl2N3OS2. The standard InChI is InChI=1S/C17H13Cl2N3OS2/c18-12-6-7-13(19)14(8-12)24-10-15-21-22-17(25-15)16(23)20-9-11-4-2-1-3-5-11/h1-8H,9-10H2,(H,20,23). The minimum atomic E-state index is -0.224. The van der Waals surface area contributed by atoms with E-state index in [0.29, 0.717) is 27.4 Å². The number of benzene rings is 2. The molecule has 1 N–H and O–H groups in total. The van der Waals surface area contributed by atoms with Crippen molar-refractivity contribution in [2.75, 3.05) is 0 Å². The smallest absolute Gasteiger partial charge is 0.282 e. The lowest BCUT2D eigenvalue weighted by molar-refractivity contribution is 0.0950. The Morgan fingerprint density at radius 1 is 1.12 bits per heavy atom. The van der Waals surface area contributed by atoms with E-state index in [-0.39, 0.29) is 5.91 Å². The van der Waals surface area contributed by atoms with Crippen LogP contribution in [0.1, 0.15) is 20.4 Å². The number of hydrogen-bond acceptors (Lipinski definition) is 5. The molecule has 8 heteroatoms. The number of amides is 1. The molecule has 3 rings (SSSR count). The molecule has 0 aliphatic carbocycles. The van der Waals surface area contributed by atoms with Crippen LogP contribution in [0.5, 0.6) is 0 Å². The van der Waals surface area contributed by atoms with Crippen LogP contribution in [0.15, 0.2) is 53.4 Å². The van der Waals surface area contributed by atoms with Gasteiger partial charge in [0, 0.05) is 16.5 Å². The van der Waals surface area contributed by atoms with Gasteiger partial charge in [0.15, 0.2) is 0 Å². The van der Waals surface area contributed by atoms with Gasteiger partial charge >= 0.3 is 0 Å². The Balaban J connectivity index is 1.56. The van der Waals surface area contributed by atoms with Crippen molar-refractivity contribution in [3.63, 3.8) is 0 Å². The summed E-state index contributed by atoms with van der Waals surface area (Å²) in [4.78, 5) is 13.0. The molecule has 0 bridgehead atoms. The van der Waals surface area contributed by atoms with Crippen LogP contribution in [0.4, 0.5) is 0 Å². The maximum Gasteiger partial charge on any atom is 0.282 e. The number of halogens is 2. The molecule has 3 aromatic rings. The van der Waals surface area contributed by atoms with Gasteiger partial charge < -0.3 is 5.32 Å².